The Hall–Kier alpha value is -1.91. The van der Waals surface area contributed by atoms with Crippen LogP contribution >= 0.6 is 0 Å². The number of rotatable bonds is 4. The van der Waals surface area contributed by atoms with Gasteiger partial charge in [-0.2, -0.15) is 0 Å². The molecule has 0 amide bonds. The van der Waals surface area contributed by atoms with Crippen molar-refractivity contribution in [3.05, 3.63) is 30.1 Å². The maximum absolute atomic E-state index is 11.6. The smallest absolute Gasteiger partial charge is 0.320 e. The molecule has 1 aromatic rings. The van der Waals surface area contributed by atoms with Crippen molar-refractivity contribution in [1.29, 1.82) is 0 Å². The molecule has 92 valence electrons. The summed E-state index contributed by atoms with van der Waals surface area (Å²) < 4.78 is 9.22. The van der Waals surface area contributed by atoms with Crippen LogP contribution in [0, 0.1) is 5.92 Å². The van der Waals surface area contributed by atoms with E-state index in [1.165, 1.54) is 14.2 Å². The summed E-state index contributed by atoms with van der Waals surface area (Å²) in [4.78, 5) is 27.3. The first kappa shape index (κ1) is 13.2. The Balaban J connectivity index is 2.99. The number of carbonyl (C=O) groups is 2. The second kappa shape index (κ2) is 5.98. The number of ether oxygens (including phenoxy) is 2. The number of carbonyl (C=O) groups excluding carboxylic acids is 2. The fourth-order valence-corrected chi connectivity index (χ4v) is 1.57. The van der Waals surface area contributed by atoms with Crippen LogP contribution in [-0.2, 0) is 19.1 Å². The van der Waals surface area contributed by atoms with E-state index in [2.05, 4.69) is 14.5 Å². The predicted octanol–water partition coefficient (Wildman–Crippen LogP) is 1.15. The van der Waals surface area contributed by atoms with Gasteiger partial charge in [0.05, 0.1) is 14.2 Å². The van der Waals surface area contributed by atoms with Gasteiger partial charge in [-0.15, -0.1) is 0 Å². The molecule has 0 aliphatic carbocycles. The largest absolute Gasteiger partial charge is 0.468 e. The van der Waals surface area contributed by atoms with E-state index in [1.54, 1.807) is 31.3 Å². The Labute approximate surface area is 99.8 Å². The zero-order chi connectivity index (χ0) is 12.8. The maximum Gasteiger partial charge on any atom is 0.320 e. The first-order valence-corrected chi connectivity index (χ1v) is 5.18. The Kier molecular flexibility index (Phi) is 4.63. The molecular formula is C12H15NO4. The lowest BCUT2D eigenvalue weighted by molar-refractivity contribution is -0.159. The third kappa shape index (κ3) is 3.03. The minimum Gasteiger partial charge on any atom is -0.468 e. The van der Waals surface area contributed by atoms with E-state index in [4.69, 9.17) is 0 Å². The van der Waals surface area contributed by atoms with E-state index < -0.39 is 23.8 Å². The van der Waals surface area contributed by atoms with E-state index >= 15 is 0 Å². The Morgan fingerprint density at radius 2 is 1.76 bits per heavy atom. The van der Waals surface area contributed by atoms with Gasteiger partial charge in [-0.05, 0) is 12.1 Å². The molecule has 0 N–H and O–H groups in total. The topological polar surface area (TPSA) is 65.5 Å². The predicted molar refractivity (Wildman–Crippen MR) is 60.2 cm³/mol. The standard InChI is InChI=1S/C12H15NO4/c1-8(9-6-4-5-7-13-9)10(11(14)16-2)12(15)17-3/h4-8,10H,1-3H3/t8-/m0/s1. The van der Waals surface area contributed by atoms with Crippen LogP contribution in [0.25, 0.3) is 0 Å². The van der Waals surface area contributed by atoms with Crippen LogP contribution in [0.2, 0.25) is 0 Å². The van der Waals surface area contributed by atoms with E-state index in [9.17, 15) is 9.59 Å². The minimum atomic E-state index is -0.986. The minimum absolute atomic E-state index is 0.393. The average molecular weight is 237 g/mol. The molecule has 0 radical (unpaired) electrons. The zero-order valence-electron chi connectivity index (χ0n) is 10.0. The molecule has 0 unspecified atom stereocenters. The highest BCUT2D eigenvalue weighted by Crippen LogP contribution is 2.24. The third-order valence-corrected chi connectivity index (χ3v) is 2.56. The fraction of sp³-hybridized carbons (Fsp3) is 0.417. The first-order chi connectivity index (χ1) is 8.11. The molecule has 0 bridgehead atoms. The van der Waals surface area contributed by atoms with E-state index in [0.717, 1.165) is 0 Å². The fourth-order valence-electron chi connectivity index (χ4n) is 1.57. The maximum atomic E-state index is 11.6. The summed E-state index contributed by atoms with van der Waals surface area (Å²) in [5.41, 5.74) is 0.647. The van der Waals surface area contributed by atoms with Crippen molar-refractivity contribution in [1.82, 2.24) is 4.98 Å². The molecule has 0 spiro atoms. The zero-order valence-corrected chi connectivity index (χ0v) is 10.0. The van der Waals surface area contributed by atoms with Gasteiger partial charge in [-0.1, -0.05) is 13.0 Å². The van der Waals surface area contributed by atoms with E-state index in [1.807, 2.05) is 0 Å². The Bertz CT molecular complexity index is 375. The van der Waals surface area contributed by atoms with Gasteiger partial charge in [0.15, 0.2) is 5.92 Å². The summed E-state index contributed by atoms with van der Waals surface area (Å²) in [5.74, 6) is -2.61. The third-order valence-electron chi connectivity index (χ3n) is 2.56. The van der Waals surface area contributed by atoms with Crippen LogP contribution in [0.15, 0.2) is 24.4 Å². The number of methoxy groups -OCH3 is 2. The Morgan fingerprint density at radius 1 is 1.18 bits per heavy atom. The lowest BCUT2D eigenvalue weighted by Gasteiger charge is -2.18. The van der Waals surface area contributed by atoms with E-state index in [0.29, 0.717) is 5.69 Å². The van der Waals surface area contributed by atoms with Crippen LogP contribution in [0.5, 0.6) is 0 Å². The van der Waals surface area contributed by atoms with Crippen LogP contribution in [0.1, 0.15) is 18.5 Å². The molecule has 0 aliphatic rings. The molecule has 0 fully saturated rings. The van der Waals surface area contributed by atoms with Crippen LogP contribution < -0.4 is 0 Å². The van der Waals surface area contributed by atoms with Crippen molar-refractivity contribution >= 4 is 11.9 Å². The van der Waals surface area contributed by atoms with Crippen molar-refractivity contribution in [2.24, 2.45) is 5.92 Å². The monoisotopic (exact) mass is 237 g/mol. The number of nitrogens with zero attached hydrogens (tertiary/aromatic N) is 1. The van der Waals surface area contributed by atoms with Crippen LogP contribution in [0.4, 0.5) is 0 Å². The van der Waals surface area contributed by atoms with Crippen LogP contribution in [-0.4, -0.2) is 31.1 Å². The molecule has 17 heavy (non-hydrogen) atoms. The summed E-state index contributed by atoms with van der Waals surface area (Å²) in [6.45, 7) is 1.74. The molecule has 5 nitrogen and oxygen atoms in total. The second-order valence-corrected chi connectivity index (χ2v) is 3.57. The van der Waals surface area contributed by atoms with E-state index in [-0.39, 0.29) is 0 Å². The number of hydrogen-bond acceptors (Lipinski definition) is 5. The highest BCUT2D eigenvalue weighted by atomic mass is 16.5. The lowest BCUT2D eigenvalue weighted by atomic mass is 9.91. The highest BCUT2D eigenvalue weighted by molar-refractivity contribution is 5.95. The average Bonchev–Trinajstić information content (AvgIpc) is 2.39. The summed E-state index contributed by atoms with van der Waals surface area (Å²) in [7, 11) is 2.48. The van der Waals surface area contributed by atoms with Crippen molar-refractivity contribution in [2.75, 3.05) is 14.2 Å². The van der Waals surface area contributed by atoms with Gasteiger partial charge in [0.2, 0.25) is 0 Å². The molecule has 1 atom stereocenters. The first-order valence-electron chi connectivity index (χ1n) is 5.18. The molecule has 1 rings (SSSR count). The quantitative estimate of drug-likeness (QED) is 0.580. The van der Waals surface area contributed by atoms with Crippen LogP contribution in [0.3, 0.4) is 0 Å². The van der Waals surface area contributed by atoms with Gasteiger partial charge in [-0.3, -0.25) is 14.6 Å². The van der Waals surface area contributed by atoms with Crippen molar-refractivity contribution in [3.8, 4) is 0 Å². The second-order valence-electron chi connectivity index (χ2n) is 3.57. The Morgan fingerprint density at radius 3 is 2.18 bits per heavy atom. The molecule has 5 heteroatoms. The van der Waals surface area contributed by atoms with Gasteiger partial charge < -0.3 is 9.47 Å². The molecule has 0 saturated carbocycles. The summed E-state index contributed by atoms with van der Waals surface area (Å²) >= 11 is 0. The summed E-state index contributed by atoms with van der Waals surface area (Å²) in [6.07, 6.45) is 1.61. The van der Waals surface area contributed by atoms with Gasteiger partial charge in [0.25, 0.3) is 0 Å². The van der Waals surface area contributed by atoms with Gasteiger partial charge in [0.1, 0.15) is 0 Å². The molecule has 1 aromatic heterocycles. The number of esters is 2. The molecule has 0 saturated heterocycles. The summed E-state index contributed by atoms with van der Waals surface area (Å²) in [5, 5.41) is 0. The lowest BCUT2D eigenvalue weighted by Crippen LogP contribution is -2.31. The molecule has 1 heterocycles. The van der Waals surface area contributed by atoms with Crippen molar-refractivity contribution in [3.63, 3.8) is 0 Å². The van der Waals surface area contributed by atoms with Gasteiger partial charge in [-0.25, -0.2) is 0 Å². The van der Waals surface area contributed by atoms with Gasteiger partial charge in [0, 0.05) is 17.8 Å². The SMILES string of the molecule is COC(=O)C(C(=O)OC)[C@@H](C)c1ccccn1. The normalized spacial score (nSPS) is 12.0. The number of aromatic nitrogens is 1. The molecule has 0 aromatic carbocycles. The van der Waals surface area contributed by atoms with Gasteiger partial charge >= 0.3 is 11.9 Å². The number of hydrogen-bond donors (Lipinski definition) is 0. The van der Waals surface area contributed by atoms with Crippen molar-refractivity contribution < 1.29 is 19.1 Å². The molecule has 0 aliphatic heterocycles. The highest BCUT2D eigenvalue weighted by Gasteiger charge is 2.35. The summed E-state index contributed by atoms with van der Waals surface area (Å²) in [6, 6.07) is 5.31. The number of pyridine rings is 1. The molecular weight excluding hydrogens is 222 g/mol. The van der Waals surface area contributed by atoms with Crippen molar-refractivity contribution in [2.45, 2.75) is 12.8 Å².